The highest BCUT2D eigenvalue weighted by atomic mass is 16.5. The van der Waals surface area contributed by atoms with E-state index in [4.69, 9.17) is 9.47 Å². The van der Waals surface area contributed by atoms with Crippen molar-refractivity contribution in [3.8, 4) is 23.0 Å². The molecule has 0 aliphatic carbocycles. The molecule has 0 fully saturated rings. The Balaban J connectivity index is 1.75. The first-order valence-corrected chi connectivity index (χ1v) is 9.49. The van der Waals surface area contributed by atoms with Crippen LogP contribution in [0, 0.1) is 0 Å². The van der Waals surface area contributed by atoms with E-state index in [1.54, 1.807) is 36.4 Å². The number of methoxy groups -OCH3 is 2. The van der Waals surface area contributed by atoms with Crippen molar-refractivity contribution >= 4 is 17.8 Å². The van der Waals surface area contributed by atoms with E-state index in [2.05, 4.69) is 10.4 Å². The first kappa shape index (κ1) is 20.1. The first-order valence-electron chi connectivity index (χ1n) is 9.49. The first-order chi connectivity index (χ1) is 15.0. The number of para-hydroxylation sites is 1. The SMILES string of the molecule is COc1cc(C=NN2C(=O)c3ccccc3NC2c2ccc(O)c(OC)c2)ccc1O. The maximum absolute atomic E-state index is 13.2. The van der Waals surface area contributed by atoms with Crippen LogP contribution in [0.15, 0.2) is 65.8 Å². The zero-order valence-electron chi connectivity index (χ0n) is 16.9. The van der Waals surface area contributed by atoms with E-state index in [-0.39, 0.29) is 23.2 Å². The molecule has 1 unspecified atom stereocenters. The van der Waals surface area contributed by atoms with Gasteiger partial charge in [-0.1, -0.05) is 18.2 Å². The van der Waals surface area contributed by atoms with Gasteiger partial charge in [0.15, 0.2) is 29.2 Å². The predicted octanol–water partition coefficient (Wildman–Crippen LogP) is 3.72. The number of hydrogen-bond donors (Lipinski definition) is 3. The van der Waals surface area contributed by atoms with E-state index in [1.165, 1.54) is 37.6 Å². The van der Waals surface area contributed by atoms with Crippen LogP contribution in [0.1, 0.15) is 27.7 Å². The molecule has 3 N–H and O–H groups in total. The number of hydrogen-bond acceptors (Lipinski definition) is 7. The number of fused-ring (bicyclic) bond motifs is 1. The molecule has 1 atom stereocenters. The lowest BCUT2D eigenvalue weighted by atomic mass is 10.0. The summed E-state index contributed by atoms with van der Waals surface area (Å²) in [4.78, 5) is 13.2. The largest absolute Gasteiger partial charge is 0.504 e. The number of carbonyl (C=O) groups is 1. The van der Waals surface area contributed by atoms with Crippen LogP contribution in [0.5, 0.6) is 23.0 Å². The van der Waals surface area contributed by atoms with E-state index in [9.17, 15) is 15.0 Å². The fraction of sp³-hybridized carbons (Fsp3) is 0.130. The van der Waals surface area contributed by atoms with Crippen LogP contribution in [0.4, 0.5) is 5.69 Å². The third kappa shape index (κ3) is 3.83. The molecule has 0 bridgehead atoms. The van der Waals surface area contributed by atoms with Crippen molar-refractivity contribution in [3.63, 3.8) is 0 Å². The molecule has 0 radical (unpaired) electrons. The van der Waals surface area contributed by atoms with Gasteiger partial charge in [-0.05, 0) is 48.0 Å². The van der Waals surface area contributed by atoms with Gasteiger partial charge in [0.25, 0.3) is 5.91 Å². The summed E-state index contributed by atoms with van der Waals surface area (Å²) in [6.45, 7) is 0. The third-order valence-electron chi connectivity index (χ3n) is 4.96. The molecular weight excluding hydrogens is 398 g/mol. The Bertz CT molecular complexity index is 1160. The summed E-state index contributed by atoms with van der Waals surface area (Å²) >= 11 is 0. The van der Waals surface area contributed by atoms with Crippen molar-refractivity contribution in [1.82, 2.24) is 5.01 Å². The molecule has 158 valence electrons. The molecule has 1 amide bonds. The summed E-state index contributed by atoms with van der Waals surface area (Å²) in [5, 5.41) is 28.8. The van der Waals surface area contributed by atoms with E-state index in [1.807, 2.05) is 12.1 Å². The second kappa shape index (κ2) is 8.27. The lowest BCUT2D eigenvalue weighted by Gasteiger charge is -2.34. The fourth-order valence-corrected chi connectivity index (χ4v) is 3.36. The number of aromatic hydroxyl groups is 2. The minimum absolute atomic E-state index is 0.0000238. The topological polar surface area (TPSA) is 104 Å². The van der Waals surface area contributed by atoms with Crippen molar-refractivity contribution in [1.29, 1.82) is 0 Å². The zero-order chi connectivity index (χ0) is 22.0. The molecule has 3 aromatic carbocycles. The molecule has 8 nitrogen and oxygen atoms in total. The van der Waals surface area contributed by atoms with Crippen molar-refractivity contribution in [3.05, 3.63) is 77.4 Å². The Morgan fingerprint density at radius 2 is 1.65 bits per heavy atom. The molecule has 0 saturated carbocycles. The van der Waals surface area contributed by atoms with Crippen LogP contribution >= 0.6 is 0 Å². The Labute approximate surface area is 179 Å². The lowest BCUT2D eigenvalue weighted by Crippen LogP contribution is -2.39. The molecule has 1 heterocycles. The highest BCUT2D eigenvalue weighted by Gasteiger charge is 2.33. The van der Waals surface area contributed by atoms with Gasteiger partial charge in [0.05, 0.1) is 26.0 Å². The van der Waals surface area contributed by atoms with Crippen LogP contribution in [0.25, 0.3) is 0 Å². The Hall–Kier alpha value is -4.20. The third-order valence-corrected chi connectivity index (χ3v) is 4.96. The molecular formula is C23H21N3O5. The minimum atomic E-state index is -0.632. The van der Waals surface area contributed by atoms with Crippen LogP contribution in [-0.2, 0) is 0 Å². The van der Waals surface area contributed by atoms with E-state index >= 15 is 0 Å². The summed E-state index contributed by atoms with van der Waals surface area (Å²) in [7, 11) is 2.92. The van der Waals surface area contributed by atoms with Gasteiger partial charge in [-0.15, -0.1) is 0 Å². The Morgan fingerprint density at radius 3 is 2.39 bits per heavy atom. The highest BCUT2D eigenvalue weighted by Crippen LogP contribution is 2.36. The lowest BCUT2D eigenvalue weighted by molar-refractivity contribution is 0.0691. The molecule has 1 aliphatic heterocycles. The number of benzene rings is 3. The van der Waals surface area contributed by atoms with Crippen molar-refractivity contribution in [2.75, 3.05) is 19.5 Å². The summed E-state index contributed by atoms with van der Waals surface area (Å²) < 4.78 is 10.3. The number of anilines is 1. The maximum atomic E-state index is 13.2. The van der Waals surface area contributed by atoms with Crippen LogP contribution in [-0.4, -0.2) is 41.6 Å². The average Bonchev–Trinajstić information content (AvgIpc) is 2.79. The number of nitrogens with zero attached hydrogens (tertiary/aromatic N) is 2. The van der Waals surface area contributed by atoms with Crippen molar-refractivity contribution in [2.45, 2.75) is 6.17 Å². The van der Waals surface area contributed by atoms with Gasteiger partial charge in [-0.2, -0.15) is 5.10 Å². The molecule has 0 saturated heterocycles. The molecule has 3 aromatic rings. The van der Waals surface area contributed by atoms with Crippen molar-refractivity contribution < 1.29 is 24.5 Å². The normalized spacial score (nSPS) is 15.5. The Morgan fingerprint density at radius 1 is 0.968 bits per heavy atom. The number of phenolic OH excluding ortho intramolecular Hbond substituents is 2. The summed E-state index contributed by atoms with van der Waals surface area (Å²) in [5.74, 6) is 0.321. The molecule has 0 aromatic heterocycles. The molecule has 4 rings (SSSR count). The molecule has 1 aliphatic rings. The number of ether oxygens (including phenoxy) is 2. The van der Waals surface area contributed by atoms with E-state index < -0.39 is 6.17 Å². The van der Waals surface area contributed by atoms with Gasteiger partial charge in [0.1, 0.15) is 0 Å². The highest BCUT2D eigenvalue weighted by molar-refractivity contribution is 6.02. The fourth-order valence-electron chi connectivity index (χ4n) is 3.36. The zero-order valence-corrected chi connectivity index (χ0v) is 16.9. The van der Waals surface area contributed by atoms with Crippen molar-refractivity contribution in [2.24, 2.45) is 5.10 Å². The summed E-state index contributed by atoms with van der Waals surface area (Å²) in [6, 6.07) is 16.8. The monoisotopic (exact) mass is 419 g/mol. The molecule has 8 heteroatoms. The Kier molecular flexibility index (Phi) is 5.36. The van der Waals surface area contributed by atoms with E-state index in [0.717, 1.165) is 0 Å². The van der Waals surface area contributed by atoms with Gasteiger partial charge >= 0.3 is 0 Å². The molecule has 0 spiro atoms. The van der Waals surface area contributed by atoms with Gasteiger partial charge in [0.2, 0.25) is 0 Å². The van der Waals surface area contributed by atoms with Gasteiger partial charge < -0.3 is 25.0 Å². The van der Waals surface area contributed by atoms with Gasteiger partial charge in [0, 0.05) is 11.3 Å². The van der Waals surface area contributed by atoms with Crippen LogP contribution in [0.2, 0.25) is 0 Å². The smallest absolute Gasteiger partial charge is 0.278 e. The standard InChI is InChI=1S/C23H21N3O5/c1-30-20-11-14(7-9-18(20)27)13-24-26-22(15-8-10-19(28)21(12-15)31-2)25-17-6-4-3-5-16(17)23(26)29/h3-13,22,25,27-28H,1-2H3. The second-order valence-electron chi connectivity index (χ2n) is 6.85. The molecule has 31 heavy (non-hydrogen) atoms. The number of rotatable bonds is 5. The quantitative estimate of drug-likeness (QED) is 0.545. The maximum Gasteiger partial charge on any atom is 0.278 e. The van der Waals surface area contributed by atoms with Crippen LogP contribution in [0.3, 0.4) is 0 Å². The number of phenols is 2. The average molecular weight is 419 g/mol. The van der Waals surface area contributed by atoms with Crippen LogP contribution < -0.4 is 14.8 Å². The van der Waals surface area contributed by atoms with E-state index in [0.29, 0.717) is 28.1 Å². The van der Waals surface area contributed by atoms with Gasteiger partial charge in [-0.3, -0.25) is 4.79 Å². The minimum Gasteiger partial charge on any atom is -0.504 e. The van der Waals surface area contributed by atoms with Gasteiger partial charge in [-0.25, -0.2) is 5.01 Å². The number of carbonyl (C=O) groups excluding carboxylic acids is 1. The number of hydrazone groups is 1. The predicted molar refractivity (Wildman–Crippen MR) is 116 cm³/mol. The number of nitrogens with one attached hydrogen (secondary N) is 1. The summed E-state index contributed by atoms with van der Waals surface area (Å²) in [5.41, 5.74) is 2.49. The second-order valence-corrected chi connectivity index (χ2v) is 6.85. The summed E-state index contributed by atoms with van der Waals surface area (Å²) in [6.07, 6.45) is 0.882. The number of amides is 1.